The number of alkyl halides is 1. The summed E-state index contributed by atoms with van der Waals surface area (Å²) < 4.78 is 5.79. The van der Waals surface area contributed by atoms with E-state index in [-0.39, 0.29) is 0 Å². The molecule has 0 radical (unpaired) electrons. The first-order valence-electron chi connectivity index (χ1n) is 7.14. The standard InChI is InChI=1S/C14H23ClN2OS/c1-3-13(14-16-11(8-15)10-19-14)17-7-5-6-12(9-17)18-4-2/h10,12-13H,3-9H2,1-2H3. The fourth-order valence-electron chi connectivity index (χ4n) is 2.75. The second-order valence-corrected chi connectivity index (χ2v) is 6.11. The predicted molar refractivity (Wildman–Crippen MR) is 80.9 cm³/mol. The molecule has 0 amide bonds. The molecule has 0 aliphatic carbocycles. The fourth-order valence-corrected chi connectivity index (χ4v) is 4.01. The van der Waals surface area contributed by atoms with Crippen LogP contribution in [0.15, 0.2) is 5.38 Å². The van der Waals surface area contributed by atoms with Crippen molar-refractivity contribution in [1.82, 2.24) is 9.88 Å². The number of hydrogen-bond donors (Lipinski definition) is 0. The summed E-state index contributed by atoms with van der Waals surface area (Å²) in [5.41, 5.74) is 0.999. The topological polar surface area (TPSA) is 25.4 Å². The van der Waals surface area contributed by atoms with E-state index in [1.807, 2.05) is 0 Å². The summed E-state index contributed by atoms with van der Waals surface area (Å²) in [5, 5.41) is 3.28. The molecule has 0 saturated carbocycles. The van der Waals surface area contributed by atoms with Crippen LogP contribution in [0.3, 0.4) is 0 Å². The van der Waals surface area contributed by atoms with Crippen molar-refractivity contribution in [3.8, 4) is 0 Å². The van der Waals surface area contributed by atoms with Gasteiger partial charge in [-0.3, -0.25) is 4.90 Å². The number of rotatable bonds is 6. The van der Waals surface area contributed by atoms with Crippen LogP contribution in [-0.4, -0.2) is 35.7 Å². The Labute approximate surface area is 124 Å². The Balaban J connectivity index is 2.03. The average Bonchev–Trinajstić information content (AvgIpc) is 2.89. The molecule has 1 aliphatic rings. The molecule has 2 rings (SSSR count). The van der Waals surface area contributed by atoms with E-state index in [4.69, 9.17) is 16.3 Å². The molecule has 3 nitrogen and oxygen atoms in total. The van der Waals surface area contributed by atoms with E-state index in [9.17, 15) is 0 Å². The van der Waals surface area contributed by atoms with Crippen LogP contribution in [0.25, 0.3) is 0 Å². The number of piperidine rings is 1. The molecule has 2 atom stereocenters. The lowest BCUT2D eigenvalue weighted by Crippen LogP contribution is -2.41. The van der Waals surface area contributed by atoms with Crippen LogP contribution in [0.2, 0.25) is 0 Å². The second kappa shape index (κ2) is 7.58. The molecular weight excluding hydrogens is 280 g/mol. The molecule has 1 aromatic heterocycles. The quantitative estimate of drug-likeness (QED) is 0.747. The maximum Gasteiger partial charge on any atom is 0.110 e. The first kappa shape index (κ1) is 15.2. The molecule has 19 heavy (non-hydrogen) atoms. The van der Waals surface area contributed by atoms with E-state index in [2.05, 4.69) is 29.1 Å². The lowest BCUT2D eigenvalue weighted by Gasteiger charge is -2.36. The van der Waals surface area contributed by atoms with Crippen molar-refractivity contribution in [2.45, 2.75) is 51.1 Å². The molecular formula is C14H23ClN2OS. The highest BCUT2D eigenvalue weighted by atomic mass is 35.5. The minimum absolute atomic E-state index is 0.389. The summed E-state index contributed by atoms with van der Waals surface area (Å²) in [5.74, 6) is 0.508. The van der Waals surface area contributed by atoms with Crippen LogP contribution >= 0.6 is 22.9 Å². The number of hydrogen-bond acceptors (Lipinski definition) is 4. The van der Waals surface area contributed by atoms with Gasteiger partial charge in [-0.05, 0) is 32.7 Å². The van der Waals surface area contributed by atoms with Crippen molar-refractivity contribution in [2.75, 3.05) is 19.7 Å². The van der Waals surface area contributed by atoms with Crippen molar-refractivity contribution in [1.29, 1.82) is 0 Å². The predicted octanol–water partition coefficient (Wildman–Crippen LogP) is 3.83. The molecule has 1 saturated heterocycles. The number of nitrogens with zero attached hydrogens (tertiary/aromatic N) is 2. The minimum Gasteiger partial charge on any atom is -0.377 e. The summed E-state index contributed by atoms with van der Waals surface area (Å²) in [7, 11) is 0. The number of halogens is 1. The van der Waals surface area contributed by atoms with E-state index >= 15 is 0 Å². The summed E-state index contributed by atoms with van der Waals surface area (Å²) in [4.78, 5) is 7.18. The van der Waals surface area contributed by atoms with Gasteiger partial charge >= 0.3 is 0 Å². The normalized spacial score (nSPS) is 22.6. The van der Waals surface area contributed by atoms with Crippen LogP contribution < -0.4 is 0 Å². The SMILES string of the molecule is CCOC1CCCN(C(CC)c2nc(CCl)cs2)C1. The lowest BCUT2D eigenvalue weighted by molar-refractivity contribution is -0.00834. The van der Waals surface area contributed by atoms with Gasteiger partial charge in [-0.25, -0.2) is 4.98 Å². The Morgan fingerprint density at radius 1 is 1.58 bits per heavy atom. The van der Waals surface area contributed by atoms with E-state index in [1.165, 1.54) is 17.8 Å². The summed E-state index contributed by atoms with van der Waals surface area (Å²) in [6.07, 6.45) is 3.88. The van der Waals surface area contributed by atoms with Crippen LogP contribution in [0.1, 0.15) is 49.9 Å². The van der Waals surface area contributed by atoms with E-state index < -0.39 is 0 Å². The highest BCUT2D eigenvalue weighted by Gasteiger charge is 2.27. The minimum atomic E-state index is 0.389. The second-order valence-electron chi connectivity index (χ2n) is 4.95. The summed E-state index contributed by atoms with van der Waals surface area (Å²) >= 11 is 7.59. The summed E-state index contributed by atoms with van der Waals surface area (Å²) in [6, 6.07) is 0.422. The van der Waals surface area contributed by atoms with E-state index in [0.29, 0.717) is 18.0 Å². The number of ether oxygens (including phenoxy) is 1. The molecule has 1 aromatic rings. The van der Waals surface area contributed by atoms with Gasteiger partial charge in [-0.15, -0.1) is 22.9 Å². The van der Waals surface area contributed by atoms with Crippen molar-refractivity contribution < 1.29 is 4.74 Å². The highest BCUT2D eigenvalue weighted by molar-refractivity contribution is 7.09. The molecule has 1 aliphatic heterocycles. The first-order valence-corrected chi connectivity index (χ1v) is 8.55. The Morgan fingerprint density at radius 3 is 3.05 bits per heavy atom. The Hall–Kier alpha value is -0.160. The molecule has 0 spiro atoms. The maximum atomic E-state index is 5.85. The smallest absolute Gasteiger partial charge is 0.110 e. The first-order chi connectivity index (χ1) is 9.28. The van der Waals surface area contributed by atoms with Crippen molar-refractivity contribution in [3.05, 3.63) is 16.1 Å². The zero-order valence-corrected chi connectivity index (χ0v) is 13.3. The maximum absolute atomic E-state index is 5.85. The third-order valence-electron chi connectivity index (χ3n) is 3.63. The molecule has 5 heteroatoms. The largest absolute Gasteiger partial charge is 0.377 e. The van der Waals surface area contributed by atoms with Crippen LogP contribution in [0.5, 0.6) is 0 Å². The van der Waals surface area contributed by atoms with Crippen LogP contribution in [0, 0.1) is 0 Å². The zero-order valence-electron chi connectivity index (χ0n) is 11.8. The molecule has 2 unspecified atom stereocenters. The number of likely N-dealkylation sites (tertiary alicyclic amines) is 1. The van der Waals surface area contributed by atoms with Gasteiger partial charge in [-0.1, -0.05) is 6.92 Å². The van der Waals surface area contributed by atoms with Crippen molar-refractivity contribution >= 4 is 22.9 Å². The lowest BCUT2D eigenvalue weighted by atomic mass is 10.0. The Morgan fingerprint density at radius 2 is 2.42 bits per heavy atom. The Bertz CT molecular complexity index is 383. The summed E-state index contributed by atoms with van der Waals surface area (Å²) in [6.45, 7) is 7.30. The van der Waals surface area contributed by atoms with Gasteiger partial charge in [0, 0.05) is 18.5 Å². The van der Waals surface area contributed by atoms with Gasteiger partial charge in [0.2, 0.25) is 0 Å². The van der Waals surface area contributed by atoms with Gasteiger partial charge in [0.05, 0.1) is 23.7 Å². The number of aromatic nitrogens is 1. The third-order valence-corrected chi connectivity index (χ3v) is 4.90. The van der Waals surface area contributed by atoms with Gasteiger partial charge in [-0.2, -0.15) is 0 Å². The van der Waals surface area contributed by atoms with Crippen molar-refractivity contribution in [2.24, 2.45) is 0 Å². The van der Waals surface area contributed by atoms with Gasteiger partial charge < -0.3 is 4.74 Å². The monoisotopic (exact) mass is 302 g/mol. The van der Waals surface area contributed by atoms with E-state index in [0.717, 1.165) is 31.8 Å². The molecule has 0 N–H and O–H groups in total. The van der Waals surface area contributed by atoms with Gasteiger partial charge in [0.15, 0.2) is 0 Å². The van der Waals surface area contributed by atoms with Crippen molar-refractivity contribution in [3.63, 3.8) is 0 Å². The average molecular weight is 303 g/mol. The third kappa shape index (κ3) is 3.91. The Kier molecular flexibility index (Phi) is 6.07. The molecule has 2 heterocycles. The zero-order chi connectivity index (χ0) is 13.7. The fraction of sp³-hybridized carbons (Fsp3) is 0.786. The number of thiazole rings is 1. The van der Waals surface area contributed by atoms with Crippen LogP contribution in [0.4, 0.5) is 0 Å². The molecule has 0 aromatic carbocycles. The van der Waals surface area contributed by atoms with Gasteiger partial charge in [0.25, 0.3) is 0 Å². The van der Waals surface area contributed by atoms with E-state index in [1.54, 1.807) is 11.3 Å². The van der Waals surface area contributed by atoms with Crippen LogP contribution in [-0.2, 0) is 10.6 Å². The molecule has 1 fully saturated rings. The van der Waals surface area contributed by atoms with Gasteiger partial charge in [0.1, 0.15) is 5.01 Å². The molecule has 0 bridgehead atoms. The highest BCUT2D eigenvalue weighted by Crippen LogP contribution is 2.30. The molecule has 108 valence electrons.